The monoisotopic (exact) mass is 269 g/mol. The lowest BCUT2D eigenvalue weighted by Crippen LogP contribution is -2.56. The average Bonchev–Trinajstić information content (AvgIpc) is 3.04. The number of hydrogen-bond acceptors (Lipinski definition) is 4. The van der Waals surface area contributed by atoms with Gasteiger partial charge in [-0.1, -0.05) is 0 Å². The van der Waals surface area contributed by atoms with Crippen molar-refractivity contribution in [1.82, 2.24) is 15.6 Å². The zero-order valence-electron chi connectivity index (χ0n) is 9.97. The summed E-state index contributed by atoms with van der Waals surface area (Å²) in [6, 6.07) is -0.472. The Morgan fingerprint density at radius 2 is 2.33 bits per heavy atom. The van der Waals surface area contributed by atoms with Crippen molar-refractivity contribution in [2.24, 2.45) is 5.92 Å². The van der Waals surface area contributed by atoms with Crippen molar-refractivity contribution in [2.75, 3.05) is 0 Å². The Kier molecular flexibility index (Phi) is 3.51. The number of aliphatic carboxylic acids is 1. The third kappa shape index (κ3) is 2.79. The molecule has 18 heavy (non-hydrogen) atoms. The quantitative estimate of drug-likeness (QED) is 0.749. The molecule has 1 fully saturated rings. The van der Waals surface area contributed by atoms with Crippen LogP contribution < -0.4 is 10.6 Å². The Morgan fingerprint density at radius 1 is 1.61 bits per heavy atom. The molecule has 0 radical (unpaired) electrons. The van der Waals surface area contributed by atoms with Crippen molar-refractivity contribution in [3.8, 4) is 0 Å². The number of nitrogens with one attached hydrogen (secondary N) is 2. The number of hydrogen-bond donors (Lipinski definition) is 3. The minimum Gasteiger partial charge on any atom is -0.480 e. The number of carbonyl (C=O) groups is 2. The van der Waals surface area contributed by atoms with E-state index in [-0.39, 0.29) is 5.92 Å². The first kappa shape index (κ1) is 12.8. The summed E-state index contributed by atoms with van der Waals surface area (Å²) in [5.41, 5.74) is 1.27. The highest BCUT2D eigenvalue weighted by molar-refractivity contribution is 7.07. The van der Waals surface area contributed by atoms with Crippen molar-refractivity contribution in [3.63, 3.8) is 0 Å². The second-order valence-corrected chi connectivity index (χ2v) is 5.29. The number of urea groups is 1. The summed E-state index contributed by atoms with van der Waals surface area (Å²) in [7, 11) is 0. The summed E-state index contributed by atoms with van der Waals surface area (Å²) in [6.45, 7) is 1.85. The van der Waals surface area contributed by atoms with E-state index >= 15 is 0 Å². The normalized spacial score (nSPS) is 17.8. The molecule has 0 spiro atoms. The maximum atomic E-state index is 11.7. The van der Waals surface area contributed by atoms with Gasteiger partial charge in [0.15, 0.2) is 0 Å². The maximum Gasteiger partial charge on any atom is 0.329 e. The summed E-state index contributed by atoms with van der Waals surface area (Å²) in [6.07, 6.45) is 1.68. The van der Waals surface area contributed by atoms with Crippen LogP contribution in [0.15, 0.2) is 10.9 Å². The molecule has 1 heterocycles. The predicted octanol–water partition coefficient (Wildman–Crippen LogP) is 1.20. The number of aromatic nitrogens is 1. The van der Waals surface area contributed by atoms with Crippen LogP contribution in [0.25, 0.3) is 0 Å². The number of carboxylic acids is 1. The van der Waals surface area contributed by atoms with Crippen LogP contribution in [0, 0.1) is 5.92 Å². The zero-order valence-corrected chi connectivity index (χ0v) is 10.8. The zero-order chi connectivity index (χ0) is 13.2. The van der Waals surface area contributed by atoms with Crippen LogP contribution in [0.5, 0.6) is 0 Å². The number of rotatable bonds is 5. The van der Waals surface area contributed by atoms with Crippen LogP contribution in [0.2, 0.25) is 0 Å². The molecule has 0 bridgehead atoms. The fourth-order valence-corrected chi connectivity index (χ4v) is 2.32. The van der Waals surface area contributed by atoms with Crippen LogP contribution >= 0.6 is 11.3 Å². The minimum absolute atomic E-state index is 0.0278. The second-order valence-electron chi connectivity index (χ2n) is 4.57. The van der Waals surface area contributed by atoms with Gasteiger partial charge in [-0.25, -0.2) is 14.6 Å². The van der Waals surface area contributed by atoms with Crippen LogP contribution in [-0.4, -0.2) is 27.6 Å². The van der Waals surface area contributed by atoms with Gasteiger partial charge in [0, 0.05) is 5.38 Å². The lowest BCUT2D eigenvalue weighted by molar-refractivity contribution is -0.144. The number of amides is 2. The Hall–Kier alpha value is -1.63. The minimum atomic E-state index is -1.17. The molecule has 1 aliphatic carbocycles. The Morgan fingerprint density at radius 3 is 2.83 bits per heavy atom. The number of carboxylic acid groups (broad SMARTS) is 1. The van der Waals surface area contributed by atoms with E-state index in [2.05, 4.69) is 15.6 Å². The van der Waals surface area contributed by atoms with Gasteiger partial charge in [-0.05, 0) is 25.7 Å². The van der Waals surface area contributed by atoms with Crippen molar-refractivity contribution >= 4 is 23.3 Å². The van der Waals surface area contributed by atoms with Gasteiger partial charge < -0.3 is 15.7 Å². The number of carbonyl (C=O) groups excluding carboxylic acids is 1. The molecule has 0 aromatic carbocycles. The lowest BCUT2D eigenvalue weighted by atomic mass is 9.96. The Labute approximate surface area is 108 Å². The van der Waals surface area contributed by atoms with Gasteiger partial charge >= 0.3 is 12.0 Å². The molecule has 3 N–H and O–H groups in total. The molecule has 1 aliphatic rings. The summed E-state index contributed by atoms with van der Waals surface area (Å²) in [4.78, 5) is 26.9. The molecular weight excluding hydrogens is 254 g/mol. The van der Waals surface area contributed by atoms with Gasteiger partial charge in [0.1, 0.15) is 5.54 Å². The predicted molar refractivity (Wildman–Crippen MR) is 66.3 cm³/mol. The highest BCUT2D eigenvalue weighted by atomic mass is 32.1. The van der Waals surface area contributed by atoms with E-state index in [0.29, 0.717) is 6.54 Å². The Balaban J connectivity index is 1.87. The van der Waals surface area contributed by atoms with Gasteiger partial charge in [0.05, 0.1) is 17.7 Å². The van der Waals surface area contributed by atoms with Gasteiger partial charge in [-0.15, -0.1) is 11.3 Å². The highest BCUT2D eigenvalue weighted by Crippen LogP contribution is 2.39. The van der Waals surface area contributed by atoms with Crippen LogP contribution in [0.3, 0.4) is 0 Å². The van der Waals surface area contributed by atoms with E-state index < -0.39 is 17.5 Å². The number of nitrogens with zero attached hydrogens (tertiary/aromatic N) is 1. The second kappa shape index (κ2) is 4.93. The average molecular weight is 269 g/mol. The Bertz CT molecular complexity index is 444. The standard InChI is InChI=1S/C11H15N3O3S/c1-11(9(15)16,7-2-3-7)14-10(17)12-4-8-5-18-6-13-8/h5-7H,2-4H2,1H3,(H,15,16)(H2,12,14,17). The lowest BCUT2D eigenvalue weighted by Gasteiger charge is -2.26. The van der Waals surface area contributed by atoms with Gasteiger partial charge in [0.2, 0.25) is 0 Å². The number of thiazole rings is 1. The summed E-state index contributed by atoms with van der Waals surface area (Å²) in [5, 5.41) is 16.2. The van der Waals surface area contributed by atoms with Crippen molar-refractivity contribution in [2.45, 2.75) is 31.8 Å². The van der Waals surface area contributed by atoms with Crippen LogP contribution in [0.4, 0.5) is 4.79 Å². The van der Waals surface area contributed by atoms with E-state index in [1.165, 1.54) is 11.3 Å². The summed E-state index contributed by atoms with van der Waals surface area (Å²) >= 11 is 1.45. The van der Waals surface area contributed by atoms with Crippen molar-refractivity contribution in [1.29, 1.82) is 0 Å². The van der Waals surface area contributed by atoms with Crippen LogP contribution in [0.1, 0.15) is 25.5 Å². The first-order valence-corrected chi connectivity index (χ1v) is 6.63. The van der Waals surface area contributed by atoms with Gasteiger partial charge in [0.25, 0.3) is 0 Å². The third-order valence-corrected chi connectivity index (χ3v) is 3.76. The maximum absolute atomic E-state index is 11.7. The van der Waals surface area contributed by atoms with Gasteiger partial charge in [-0.2, -0.15) is 0 Å². The molecule has 1 aromatic rings. The topological polar surface area (TPSA) is 91.3 Å². The van der Waals surface area contributed by atoms with Gasteiger partial charge in [-0.3, -0.25) is 0 Å². The smallest absolute Gasteiger partial charge is 0.329 e. The molecule has 1 saturated carbocycles. The summed E-state index contributed by atoms with van der Waals surface area (Å²) in [5.74, 6) is -0.964. The fraction of sp³-hybridized carbons (Fsp3) is 0.545. The largest absolute Gasteiger partial charge is 0.480 e. The van der Waals surface area contributed by atoms with Crippen molar-refractivity contribution in [3.05, 3.63) is 16.6 Å². The van der Waals surface area contributed by atoms with Crippen molar-refractivity contribution < 1.29 is 14.7 Å². The molecule has 0 aliphatic heterocycles. The van der Waals surface area contributed by atoms with E-state index in [4.69, 9.17) is 0 Å². The van der Waals surface area contributed by atoms with E-state index in [1.54, 1.807) is 12.4 Å². The molecule has 98 valence electrons. The first-order valence-electron chi connectivity index (χ1n) is 5.69. The summed E-state index contributed by atoms with van der Waals surface area (Å²) < 4.78 is 0. The van der Waals surface area contributed by atoms with E-state index in [9.17, 15) is 14.7 Å². The molecule has 7 heteroatoms. The molecule has 1 unspecified atom stereocenters. The van der Waals surface area contributed by atoms with E-state index in [1.807, 2.05) is 5.38 Å². The third-order valence-electron chi connectivity index (χ3n) is 3.12. The van der Waals surface area contributed by atoms with E-state index in [0.717, 1.165) is 18.5 Å². The van der Waals surface area contributed by atoms with Crippen LogP contribution in [-0.2, 0) is 11.3 Å². The highest BCUT2D eigenvalue weighted by Gasteiger charge is 2.48. The molecular formula is C11H15N3O3S. The molecule has 2 rings (SSSR count). The first-order chi connectivity index (χ1) is 8.52. The molecule has 2 amide bonds. The SMILES string of the molecule is CC(NC(=O)NCc1cscn1)(C(=O)O)C1CC1. The molecule has 0 saturated heterocycles. The molecule has 1 aromatic heterocycles. The molecule has 1 atom stereocenters. The fourth-order valence-electron chi connectivity index (χ4n) is 1.77. The molecule has 6 nitrogen and oxygen atoms in total.